The van der Waals surface area contributed by atoms with Gasteiger partial charge in [0.15, 0.2) is 11.5 Å². The number of β-amino-alcohol motifs (C(OH)–C–C–N with tert-alkyl or cyclic N) is 1. The first kappa shape index (κ1) is 19.7. The van der Waals surface area contributed by atoms with Crippen LogP contribution in [0.3, 0.4) is 0 Å². The number of hydrogen-bond donors (Lipinski definition) is 1. The number of aliphatic hydroxyl groups excluding tert-OH is 1. The molecule has 154 valence electrons. The summed E-state index contributed by atoms with van der Waals surface area (Å²) in [6.45, 7) is 3.95. The van der Waals surface area contributed by atoms with Gasteiger partial charge in [-0.15, -0.1) is 0 Å². The number of hydrogen-bond acceptors (Lipinski definition) is 6. The predicted octanol–water partition coefficient (Wildman–Crippen LogP) is 2.92. The van der Waals surface area contributed by atoms with Crippen LogP contribution in [-0.4, -0.2) is 67.7 Å². The van der Waals surface area contributed by atoms with Crippen LogP contribution in [0.2, 0.25) is 0 Å². The highest BCUT2D eigenvalue weighted by Crippen LogP contribution is 2.33. The minimum atomic E-state index is 0.246. The van der Waals surface area contributed by atoms with Crippen molar-refractivity contribution in [1.29, 1.82) is 0 Å². The van der Waals surface area contributed by atoms with Crippen molar-refractivity contribution in [2.45, 2.75) is 12.8 Å². The number of nitrogens with zero attached hydrogens (tertiary/aromatic N) is 3. The lowest BCUT2D eigenvalue weighted by Crippen LogP contribution is -2.37. The number of ether oxygens (including phenoxy) is 2. The highest BCUT2D eigenvalue weighted by molar-refractivity contribution is 6.00. The molecule has 0 amide bonds. The number of allylic oxidation sites excluding steroid dienone is 2. The van der Waals surface area contributed by atoms with Crippen molar-refractivity contribution in [3.63, 3.8) is 0 Å². The maximum Gasteiger partial charge on any atom is 0.161 e. The predicted molar refractivity (Wildman–Crippen MR) is 115 cm³/mol. The summed E-state index contributed by atoms with van der Waals surface area (Å²) in [6, 6.07) is 5.90. The molecule has 1 N–H and O–H groups in total. The molecule has 1 aromatic carbocycles. The molecule has 0 unspecified atom stereocenters. The number of fused-ring (bicyclic) bond motifs is 1. The molecule has 1 aromatic rings. The zero-order chi connectivity index (χ0) is 20.2. The summed E-state index contributed by atoms with van der Waals surface area (Å²) >= 11 is 0. The Balaban J connectivity index is 1.45. The lowest BCUT2D eigenvalue weighted by atomic mass is 9.88. The first-order valence-electron chi connectivity index (χ1n) is 10.2. The van der Waals surface area contributed by atoms with Crippen LogP contribution >= 0.6 is 0 Å². The van der Waals surface area contributed by atoms with Crippen LogP contribution in [0, 0.1) is 5.92 Å². The fourth-order valence-electron chi connectivity index (χ4n) is 4.21. The monoisotopic (exact) mass is 395 g/mol. The van der Waals surface area contributed by atoms with E-state index < -0.39 is 0 Å². The first-order valence-corrected chi connectivity index (χ1v) is 10.2. The van der Waals surface area contributed by atoms with E-state index in [-0.39, 0.29) is 6.61 Å². The van der Waals surface area contributed by atoms with Crippen LogP contribution in [0.5, 0.6) is 11.5 Å². The number of aliphatic imine (C=N–C) groups is 1. The maximum atomic E-state index is 9.12. The Morgan fingerprint density at radius 2 is 1.90 bits per heavy atom. The molecule has 1 fully saturated rings. The smallest absolute Gasteiger partial charge is 0.161 e. The summed E-state index contributed by atoms with van der Waals surface area (Å²) in [5, 5.41) is 9.12. The second kappa shape index (κ2) is 8.84. The Kier molecular flexibility index (Phi) is 6.02. The van der Waals surface area contributed by atoms with E-state index in [1.165, 1.54) is 5.57 Å². The lowest BCUT2D eigenvalue weighted by Gasteiger charge is -2.34. The van der Waals surface area contributed by atoms with E-state index in [1.54, 1.807) is 14.2 Å². The zero-order valence-electron chi connectivity index (χ0n) is 17.2. The molecule has 0 bridgehead atoms. The first-order chi connectivity index (χ1) is 14.2. The van der Waals surface area contributed by atoms with Gasteiger partial charge in [0.05, 0.1) is 26.5 Å². The van der Waals surface area contributed by atoms with Crippen molar-refractivity contribution in [3.05, 3.63) is 53.8 Å². The van der Waals surface area contributed by atoms with E-state index in [1.807, 2.05) is 18.2 Å². The second-order valence-corrected chi connectivity index (χ2v) is 7.58. The normalized spacial score (nSPS) is 20.0. The number of amidine groups is 1. The van der Waals surface area contributed by atoms with Crippen LogP contribution in [-0.2, 0) is 0 Å². The molecule has 6 heteroatoms. The largest absolute Gasteiger partial charge is 0.493 e. The highest BCUT2D eigenvalue weighted by Gasteiger charge is 2.24. The van der Waals surface area contributed by atoms with Crippen LogP contribution < -0.4 is 9.47 Å². The van der Waals surface area contributed by atoms with Crippen molar-refractivity contribution in [3.8, 4) is 11.5 Å². The number of likely N-dealkylation sites (tertiary alicyclic amines) is 1. The van der Waals surface area contributed by atoms with Gasteiger partial charge in [0.2, 0.25) is 0 Å². The van der Waals surface area contributed by atoms with Crippen LogP contribution in [0.25, 0.3) is 5.70 Å². The van der Waals surface area contributed by atoms with Gasteiger partial charge in [-0.3, -0.25) is 0 Å². The van der Waals surface area contributed by atoms with Crippen molar-refractivity contribution < 1.29 is 14.6 Å². The fraction of sp³-hybridized carbons (Fsp3) is 0.435. The van der Waals surface area contributed by atoms with E-state index in [0.29, 0.717) is 11.7 Å². The fourth-order valence-corrected chi connectivity index (χ4v) is 4.21. The van der Waals surface area contributed by atoms with Gasteiger partial charge in [0.1, 0.15) is 5.84 Å². The minimum absolute atomic E-state index is 0.246. The molecular weight excluding hydrogens is 366 g/mol. The molecule has 29 heavy (non-hydrogen) atoms. The van der Waals surface area contributed by atoms with E-state index in [0.717, 1.165) is 61.9 Å². The van der Waals surface area contributed by atoms with Crippen LogP contribution in [0.1, 0.15) is 18.4 Å². The van der Waals surface area contributed by atoms with E-state index in [4.69, 9.17) is 19.6 Å². The Bertz CT molecular complexity index is 864. The maximum absolute atomic E-state index is 9.12. The minimum Gasteiger partial charge on any atom is -0.493 e. The van der Waals surface area contributed by atoms with Crippen LogP contribution in [0.4, 0.5) is 0 Å². The molecule has 0 aromatic heterocycles. The molecule has 3 aliphatic heterocycles. The van der Waals surface area contributed by atoms with Gasteiger partial charge < -0.3 is 24.4 Å². The number of benzene rings is 1. The summed E-state index contributed by atoms with van der Waals surface area (Å²) in [5.74, 6) is 2.98. The van der Waals surface area contributed by atoms with Crippen molar-refractivity contribution in [2.24, 2.45) is 10.9 Å². The van der Waals surface area contributed by atoms with Crippen LogP contribution in [0.15, 0.2) is 53.2 Å². The summed E-state index contributed by atoms with van der Waals surface area (Å²) in [4.78, 5) is 9.43. The van der Waals surface area contributed by atoms with Gasteiger partial charge in [-0.25, -0.2) is 4.99 Å². The molecule has 0 spiro atoms. The third-order valence-corrected chi connectivity index (χ3v) is 5.89. The molecule has 4 rings (SSSR count). The number of rotatable bonds is 6. The lowest BCUT2D eigenvalue weighted by molar-refractivity contribution is 0.157. The van der Waals surface area contributed by atoms with Gasteiger partial charge in [-0.05, 0) is 67.8 Å². The molecule has 0 saturated carbocycles. The highest BCUT2D eigenvalue weighted by atomic mass is 16.5. The summed E-state index contributed by atoms with van der Waals surface area (Å²) in [7, 11) is 3.29. The van der Waals surface area contributed by atoms with Crippen molar-refractivity contribution in [1.82, 2.24) is 9.80 Å². The molecule has 1 saturated heterocycles. The summed E-state index contributed by atoms with van der Waals surface area (Å²) in [5.41, 5.74) is 3.36. The Morgan fingerprint density at radius 1 is 1.10 bits per heavy atom. The van der Waals surface area contributed by atoms with E-state index in [2.05, 4.69) is 34.2 Å². The molecule has 3 heterocycles. The summed E-state index contributed by atoms with van der Waals surface area (Å²) in [6.07, 6.45) is 11.0. The molecule has 0 atom stereocenters. The topological polar surface area (TPSA) is 57.5 Å². The molecule has 0 radical (unpaired) electrons. The quantitative estimate of drug-likeness (QED) is 0.803. The molecule has 6 nitrogen and oxygen atoms in total. The van der Waals surface area contributed by atoms with E-state index in [9.17, 15) is 0 Å². The van der Waals surface area contributed by atoms with Crippen molar-refractivity contribution in [2.75, 3.05) is 47.0 Å². The van der Waals surface area contributed by atoms with Gasteiger partial charge in [-0.1, -0.05) is 6.08 Å². The Hall–Kier alpha value is -2.57. The average molecular weight is 396 g/mol. The second-order valence-electron chi connectivity index (χ2n) is 7.58. The standard InChI is InChI=1S/C23H29N3O3/c1-28-21-5-3-18(15-22(21)29-2)20-9-12-26-16-19(4-6-23(26)24-20)17-7-10-25(11-8-17)13-14-27/h3-6,9,15-17,27H,7-8,10-14H2,1-2H3. The SMILES string of the molecule is COc1ccc(C2=CCN3C=C(C4CCN(CCO)CC4)C=CC3=N2)cc1OC. The number of methoxy groups -OCH3 is 2. The molecular formula is C23H29N3O3. The van der Waals surface area contributed by atoms with E-state index >= 15 is 0 Å². The van der Waals surface area contributed by atoms with Crippen molar-refractivity contribution >= 4 is 11.5 Å². The molecule has 3 aliphatic rings. The molecule has 0 aliphatic carbocycles. The Labute approximate surface area is 172 Å². The van der Waals surface area contributed by atoms with Gasteiger partial charge in [0.25, 0.3) is 0 Å². The van der Waals surface area contributed by atoms with Gasteiger partial charge in [-0.2, -0.15) is 0 Å². The summed E-state index contributed by atoms with van der Waals surface area (Å²) < 4.78 is 10.8. The Morgan fingerprint density at radius 3 is 2.62 bits per heavy atom. The zero-order valence-corrected chi connectivity index (χ0v) is 17.2. The third kappa shape index (κ3) is 4.23. The average Bonchev–Trinajstić information content (AvgIpc) is 2.78. The number of aliphatic hydroxyl groups is 1. The van der Waals surface area contributed by atoms with Gasteiger partial charge in [0, 0.05) is 24.9 Å². The third-order valence-electron chi connectivity index (χ3n) is 5.89. The number of piperidine rings is 1. The van der Waals surface area contributed by atoms with Gasteiger partial charge >= 0.3 is 0 Å².